The van der Waals surface area contributed by atoms with Gasteiger partial charge < -0.3 is 10.1 Å². The van der Waals surface area contributed by atoms with Gasteiger partial charge in [-0.25, -0.2) is 4.79 Å². The number of para-hydroxylation sites is 1. The van der Waals surface area contributed by atoms with Gasteiger partial charge in [0.25, 0.3) is 0 Å². The fourth-order valence-corrected chi connectivity index (χ4v) is 1.93. The van der Waals surface area contributed by atoms with Crippen molar-refractivity contribution in [3.05, 3.63) is 42.0 Å². The van der Waals surface area contributed by atoms with Crippen LogP contribution in [-0.2, 0) is 9.53 Å². The number of nitrogens with zero attached hydrogens (tertiary/aromatic N) is 1. The molecule has 0 aromatic heterocycles. The summed E-state index contributed by atoms with van der Waals surface area (Å²) in [4.78, 5) is 25.7. The number of hydrogen-bond acceptors (Lipinski definition) is 4. The van der Waals surface area contributed by atoms with Crippen molar-refractivity contribution in [2.75, 3.05) is 32.1 Å². The number of anilines is 1. The van der Waals surface area contributed by atoms with Gasteiger partial charge in [-0.1, -0.05) is 31.2 Å². The van der Waals surface area contributed by atoms with Crippen molar-refractivity contribution in [3.8, 4) is 0 Å². The second-order valence-corrected chi connectivity index (χ2v) is 4.85. The minimum Gasteiger partial charge on any atom is -0.465 e. The first kappa shape index (κ1) is 16.9. The molecule has 1 aromatic rings. The van der Waals surface area contributed by atoms with E-state index in [2.05, 4.69) is 11.9 Å². The van der Waals surface area contributed by atoms with Crippen LogP contribution in [0.25, 0.3) is 0 Å². The monoisotopic (exact) mass is 290 g/mol. The minimum absolute atomic E-state index is 0.172. The smallest absolute Gasteiger partial charge is 0.339 e. The highest BCUT2D eigenvalue weighted by Gasteiger charge is 2.14. The lowest BCUT2D eigenvalue weighted by Crippen LogP contribution is -2.34. The number of rotatable bonds is 7. The van der Waals surface area contributed by atoms with Crippen molar-refractivity contribution in [1.82, 2.24) is 4.90 Å². The van der Waals surface area contributed by atoms with Gasteiger partial charge in [-0.15, -0.1) is 0 Å². The molecule has 0 aliphatic carbocycles. The van der Waals surface area contributed by atoms with Crippen molar-refractivity contribution < 1.29 is 14.3 Å². The topological polar surface area (TPSA) is 58.6 Å². The van der Waals surface area contributed by atoms with Crippen LogP contribution >= 0.6 is 0 Å². The van der Waals surface area contributed by atoms with Crippen molar-refractivity contribution in [2.24, 2.45) is 0 Å². The van der Waals surface area contributed by atoms with Gasteiger partial charge in [0.15, 0.2) is 0 Å². The number of esters is 1. The number of benzene rings is 1. The molecule has 0 radical (unpaired) electrons. The number of likely N-dealkylation sites (N-methyl/N-ethyl adjacent to an activating group) is 1. The average Bonchev–Trinajstić information content (AvgIpc) is 2.45. The number of carbonyl (C=O) groups excluding carboxylic acids is 2. The molecular formula is C16H22N2O3. The van der Waals surface area contributed by atoms with Crippen LogP contribution in [0.1, 0.15) is 24.2 Å². The van der Waals surface area contributed by atoms with Crippen molar-refractivity contribution in [2.45, 2.75) is 13.8 Å². The SMILES string of the molecule is C=C(C)CN(CC)CC(=O)Nc1ccccc1C(=O)OC. The van der Waals surface area contributed by atoms with Gasteiger partial charge in [-0.3, -0.25) is 9.69 Å². The summed E-state index contributed by atoms with van der Waals surface area (Å²) >= 11 is 0. The van der Waals surface area contributed by atoms with Gasteiger partial charge in [-0.05, 0) is 25.6 Å². The fraction of sp³-hybridized carbons (Fsp3) is 0.375. The Morgan fingerprint density at radius 2 is 1.95 bits per heavy atom. The number of ether oxygens (including phenoxy) is 1. The van der Waals surface area contributed by atoms with E-state index in [4.69, 9.17) is 4.74 Å². The van der Waals surface area contributed by atoms with E-state index < -0.39 is 5.97 Å². The molecule has 1 N–H and O–H groups in total. The molecular weight excluding hydrogens is 268 g/mol. The van der Waals surface area contributed by atoms with Crippen LogP contribution in [0.5, 0.6) is 0 Å². The Labute approximate surface area is 125 Å². The summed E-state index contributed by atoms with van der Waals surface area (Å²) in [5, 5.41) is 2.75. The standard InChI is InChI=1S/C16H22N2O3/c1-5-18(10-12(2)3)11-15(19)17-14-9-7-6-8-13(14)16(20)21-4/h6-9H,2,5,10-11H2,1,3-4H3,(H,17,19). The number of amides is 1. The van der Waals surface area contributed by atoms with Crippen LogP contribution in [0, 0.1) is 0 Å². The zero-order valence-corrected chi connectivity index (χ0v) is 12.8. The fourth-order valence-electron chi connectivity index (χ4n) is 1.93. The number of hydrogen-bond donors (Lipinski definition) is 1. The summed E-state index contributed by atoms with van der Waals surface area (Å²) in [6.45, 7) is 9.42. The lowest BCUT2D eigenvalue weighted by atomic mass is 10.2. The first-order valence-electron chi connectivity index (χ1n) is 6.81. The molecule has 0 saturated carbocycles. The Morgan fingerprint density at radius 3 is 2.52 bits per heavy atom. The van der Waals surface area contributed by atoms with Gasteiger partial charge in [0.05, 0.1) is 24.9 Å². The summed E-state index contributed by atoms with van der Waals surface area (Å²) in [5.74, 6) is -0.644. The quantitative estimate of drug-likeness (QED) is 0.618. The van der Waals surface area contributed by atoms with Crippen LogP contribution in [0.4, 0.5) is 5.69 Å². The second kappa shape index (κ2) is 8.21. The van der Waals surface area contributed by atoms with Crippen LogP contribution in [-0.4, -0.2) is 43.5 Å². The summed E-state index contributed by atoms with van der Waals surface area (Å²) < 4.78 is 4.70. The van der Waals surface area contributed by atoms with Crippen LogP contribution in [0.3, 0.4) is 0 Å². The summed E-state index contributed by atoms with van der Waals surface area (Å²) in [6.07, 6.45) is 0. The zero-order chi connectivity index (χ0) is 15.8. The predicted octanol–water partition coefficient (Wildman–Crippen LogP) is 2.31. The number of carbonyl (C=O) groups is 2. The molecule has 1 rings (SSSR count). The zero-order valence-electron chi connectivity index (χ0n) is 12.8. The molecule has 0 bridgehead atoms. The van der Waals surface area contributed by atoms with Gasteiger partial charge in [0.1, 0.15) is 0 Å². The molecule has 0 aliphatic rings. The lowest BCUT2D eigenvalue weighted by molar-refractivity contribution is -0.117. The maximum Gasteiger partial charge on any atom is 0.339 e. The molecule has 0 saturated heterocycles. The molecule has 0 atom stereocenters. The van der Waals surface area contributed by atoms with E-state index >= 15 is 0 Å². The number of methoxy groups -OCH3 is 1. The average molecular weight is 290 g/mol. The van der Waals surface area contributed by atoms with Gasteiger partial charge in [0, 0.05) is 6.54 Å². The molecule has 5 heteroatoms. The normalized spacial score (nSPS) is 10.3. The molecule has 114 valence electrons. The van der Waals surface area contributed by atoms with E-state index in [0.29, 0.717) is 17.8 Å². The Kier molecular flexibility index (Phi) is 6.62. The Morgan fingerprint density at radius 1 is 1.29 bits per heavy atom. The van der Waals surface area contributed by atoms with E-state index in [-0.39, 0.29) is 12.5 Å². The minimum atomic E-state index is -0.472. The maximum atomic E-state index is 12.1. The molecule has 0 aliphatic heterocycles. The van der Waals surface area contributed by atoms with E-state index in [1.807, 2.05) is 18.7 Å². The predicted molar refractivity (Wildman–Crippen MR) is 83.3 cm³/mol. The van der Waals surface area contributed by atoms with Crippen LogP contribution in [0.2, 0.25) is 0 Å². The van der Waals surface area contributed by atoms with E-state index in [1.165, 1.54) is 7.11 Å². The highest BCUT2D eigenvalue weighted by Crippen LogP contribution is 2.16. The van der Waals surface area contributed by atoms with Crippen molar-refractivity contribution >= 4 is 17.6 Å². The van der Waals surface area contributed by atoms with E-state index in [0.717, 1.165) is 12.1 Å². The Bertz CT molecular complexity index is 526. The van der Waals surface area contributed by atoms with Crippen LogP contribution in [0.15, 0.2) is 36.4 Å². The van der Waals surface area contributed by atoms with E-state index in [1.54, 1.807) is 24.3 Å². The largest absolute Gasteiger partial charge is 0.465 e. The van der Waals surface area contributed by atoms with Crippen molar-refractivity contribution in [3.63, 3.8) is 0 Å². The summed E-state index contributed by atoms with van der Waals surface area (Å²) in [7, 11) is 1.31. The first-order chi connectivity index (χ1) is 9.97. The van der Waals surface area contributed by atoms with E-state index in [9.17, 15) is 9.59 Å². The number of nitrogens with one attached hydrogen (secondary N) is 1. The second-order valence-electron chi connectivity index (χ2n) is 4.85. The highest BCUT2D eigenvalue weighted by atomic mass is 16.5. The molecule has 0 fully saturated rings. The third-order valence-corrected chi connectivity index (χ3v) is 2.91. The van der Waals surface area contributed by atoms with Gasteiger partial charge >= 0.3 is 5.97 Å². The molecule has 1 aromatic carbocycles. The maximum absolute atomic E-state index is 12.1. The van der Waals surface area contributed by atoms with Gasteiger partial charge in [-0.2, -0.15) is 0 Å². The molecule has 0 spiro atoms. The lowest BCUT2D eigenvalue weighted by Gasteiger charge is -2.20. The molecule has 0 heterocycles. The molecule has 5 nitrogen and oxygen atoms in total. The highest BCUT2D eigenvalue weighted by molar-refractivity contribution is 6.01. The summed E-state index contributed by atoms with van der Waals surface area (Å²) in [5.41, 5.74) is 1.80. The molecule has 0 unspecified atom stereocenters. The molecule has 1 amide bonds. The third-order valence-electron chi connectivity index (χ3n) is 2.91. The van der Waals surface area contributed by atoms with Gasteiger partial charge in [0.2, 0.25) is 5.91 Å². The Balaban J connectivity index is 2.75. The first-order valence-corrected chi connectivity index (χ1v) is 6.81. The molecule has 21 heavy (non-hydrogen) atoms. The van der Waals surface area contributed by atoms with Crippen LogP contribution < -0.4 is 5.32 Å². The summed E-state index contributed by atoms with van der Waals surface area (Å²) in [6, 6.07) is 6.78. The van der Waals surface area contributed by atoms with Crippen molar-refractivity contribution in [1.29, 1.82) is 0 Å². The Hall–Kier alpha value is -2.14. The third kappa shape index (κ3) is 5.39.